The van der Waals surface area contributed by atoms with Crippen molar-refractivity contribution < 1.29 is 14.3 Å². The third-order valence-corrected chi connectivity index (χ3v) is 2.71. The van der Waals surface area contributed by atoms with Crippen LogP contribution in [-0.4, -0.2) is 55.6 Å². The maximum absolute atomic E-state index is 11.7. The van der Waals surface area contributed by atoms with E-state index in [1.165, 1.54) is 0 Å². The molecular formula is C11H21N3O3. The molecule has 1 atom stereocenters. The molecular weight excluding hydrogens is 222 g/mol. The number of carbonyl (C=O) groups excluding carboxylic acids is 2. The van der Waals surface area contributed by atoms with Crippen LogP contribution >= 0.6 is 0 Å². The second-order valence-electron chi connectivity index (χ2n) is 4.11. The van der Waals surface area contributed by atoms with Crippen molar-refractivity contribution in [1.82, 2.24) is 10.2 Å². The summed E-state index contributed by atoms with van der Waals surface area (Å²) in [6, 6.07) is -0.516. The van der Waals surface area contributed by atoms with Crippen LogP contribution in [0, 0.1) is 0 Å². The molecule has 3 N–H and O–H groups in total. The zero-order valence-corrected chi connectivity index (χ0v) is 10.3. The summed E-state index contributed by atoms with van der Waals surface area (Å²) in [6.45, 7) is 4.30. The summed E-state index contributed by atoms with van der Waals surface area (Å²) in [5, 5.41) is 2.57. The molecule has 2 amide bonds. The smallest absolute Gasteiger partial charge is 0.242 e. The molecule has 0 aliphatic carbocycles. The molecule has 1 saturated heterocycles. The monoisotopic (exact) mass is 243 g/mol. The summed E-state index contributed by atoms with van der Waals surface area (Å²) >= 11 is 0. The van der Waals surface area contributed by atoms with Crippen molar-refractivity contribution in [2.24, 2.45) is 5.73 Å². The highest BCUT2D eigenvalue weighted by Crippen LogP contribution is 1.97. The fourth-order valence-electron chi connectivity index (χ4n) is 1.66. The zero-order chi connectivity index (χ0) is 12.7. The van der Waals surface area contributed by atoms with Gasteiger partial charge in [0.1, 0.15) is 0 Å². The first-order valence-corrected chi connectivity index (χ1v) is 6.04. The first kappa shape index (κ1) is 13.9. The van der Waals surface area contributed by atoms with E-state index in [1.807, 2.05) is 6.92 Å². The van der Waals surface area contributed by atoms with Gasteiger partial charge in [0.2, 0.25) is 11.8 Å². The van der Waals surface area contributed by atoms with E-state index in [0.717, 1.165) is 6.42 Å². The Morgan fingerprint density at radius 3 is 2.65 bits per heavy atom. The van der Waals surface area contributed by atoms with Crippen LogP contribution in [0.4, 0.5) is 0 Å². The van der Waals surface area contributed by atoms with E-state index in [9.17, 15) is 9.59 Å². The van der Waals surface area contributed by atoms with Crippen LogP contribution in [0.2, 0.25) is 0 Å². The van der Waals surface area contributed by atoms with E-state index in [2.05, 4.69) is 5.32 Å². The first-order chi connectivity index (χ1) is 8.15. The number of hydrogen-bond donors (Lipinski definition) is 2. The largest absolute Gasteiger partial charge is 0.378 e. The fraction of sp³-hybridized carbons (Fsp3) is 0.818. The summed E-state index contributed by atoms with van der Waals surface area (Å²) in [5.74, 6) is -0.334. The van der Waals surface area contributed by atoms with Crippen LogP contribution < -0.4 is 11.1 Å². The molecule has 0 spiro atoms. The predicted octanol–water partition coefficient (Wildman–Crippen LogP) is -0.911. The van der Waals surface area contributed by atoms with Gasteiger partial charge in [0, 0.05) is 13.1 Å². The summed E-state index contributed by atoms with van der Waals surface area (Å²) in [4.78, 5) is 24.9. The summed E-state index contributed by atoms with van der Waals surface area (Å²) in [6.07, 6.45) is 1.49. The van der Waals surface area contributed by atoms with E-state index >= 15 is 0 Å². The number of ether oxygens (including phenoxy) is 1. The van der Waals surface area contributed by atoms with Gasteiger partial charge in [-0.25, -0.2) is 0 Å². The van der Waals surface area contributed by atoms with Crippen molar-refractivity contribution in [3.8, 4) is 0 Å². The van der Waals surface area contributed by atoms with Crippen LogP contribution in [0.25, 0.3) is 0 Å². The van der Waals surface area contributed by atoms with E-state index < -0.39 is 6.04 Å². The minimum Gasteiger partial charge on any atom is -0.378 e. The van der Waals surface area contributed by atoms with Crippen molar-refractivity contribution in [3.63, 3.8) is 0 Å². The molecule has 1 aliphatic heterocycles. The minimum atomic E-state index is -0.516. The maximum atomic E-state index is 11.7. The molecule has 1 heterocycles. The standard InChI is InChI=1S/C11H21N3O3/c1-2-3-9(12)11(16)13-8-10(15)14-4-6-17-7-5-14/h9H,2-8,12H2,1H3,(H,13,16)/t9-/m0/s1. The lowest BCUT2D eigenvalue weighted by molar-refractivity contribution is -0.136. The highest BCUT2D eigenvalue weighted by molar-refractivity contribution is 5.87. The van der Waals surface area contributed by atoms with Gasteiger partial charge in [-0.05, 0) is 6.42 Å². The third-order valence-electron chi connectivity index (χ3n) is 2.71. The number of nitrogens with two attached hydrogens (primary N) is 1. The number of carbonyl (C=O) groups is 2. The average Bonchev–Trinajstić information content (AvgIpc) is 2.36. The Balaban J connectivity index is 2.24. The molecule has 0 aromatic heterocycles. The van der Waals surface area contributed by atoms with E-state index in [1.54, 1.807) is 4.90 Å². The summed E-state index contributed by atoms with van der Waals surface area (Å²) in [7, 11) is 0. The molecule has 98 valence electrons. The molecule has 6 heteroatoms. The number of amides is 2. The Morgan fingerprint density at radius 1 is 1.41 bits per heavy atom. The van der Waals surface area contributed by atoms with Crippen LogP contribution in [0.15, 0.2) is 0 Å². The number of rotatable bonds is 5. The highest BCUT2D eigenvalue weighted by Gasteiger charge is 2.18. The van der Waals surface area contributed by atoms with Crippen LogP contribution in [0.5, 0.6) is 0 Å². The molecule has 6 nitrogen and oxygen atoms in total. The molecule has 0 aromatic carbocycles. The van der Waals surface area contributed by atoms with Crippen LogP contribution in [0.3, 0.4) is 0 Å². The fourth-order valence-corrected chi connectivity index (χ4v) is 1.66. The highest BCUT2D eigenvalue weighted by atomic mass is 16.5. The molecule has 0 aromatic rings. The zero-order valence-electron chi connectivity index (χ0n) is 10.3. The molecule has 0 radical (unpaired) electrons. The minimum absolute atomic E-state index is 0.0241. The van der Waals surface area contributed by atoms with Gasteiger partial charge in [-0.2, -0.15) is 0 Å². The Labute approximate surface area is 101 Å². The summed E-state index contributed by atoms with van der Waals surface area (Å²) < 4.78 is 5.14. The average molecular weight is 243 g/mol. The Kier molecular flexibility index (Phi) is 5.93. The van der Waals surface area contributed by atoms with Gasteiger partial charge < -0.3 is 20.7 Å². The topological polar surface area (TPSA) is 84.7 Å². The number of nitrogens with zero attached hydrogens (tertiary/aromatic N) is 1. The van der Waals surface area contributed by atoms with E-state index in [-0.39, 0.29) is 18.4 Å². The Hall–Kier alpha value is -1.14. The molecule has 1 fully saturated rings. The maximum Gasteiger partial charge on any atom is 0.242 e. The van der Waals surface area contributed by atoms with Gasteiger partial charge in [-0.3, -0.25) is 9.59 Å². The van der Waals surface area contributed by atoms with Gasteiger partial charge in [0.15, 0.2) is 0 Å². The molecule has 0 bridgehead atoms. The van der Waals surface area contributed by atoms with Crippen molar-refractivity contribution in [1.29, 1.82) is 0 Å². The van der Waals surface area contributed by atoms with Crippen LogP contribution in [-0.2, 0) is 14.3 Å². The quantitative estimate of drug-likeness (QED) is 0.654. The number of hydrogen-bond acceptors (Lipinski definition) is 4. The Bertz CT molecular complexity index is 265. The molecule has 17 heavy (non-hydrogen) atoms. The van der Waals surface area contributed by atoms with Crippen LogP contribution in [0.1, 0.15) is 19.8 Å². The first-order valence-electron chi connectivity index (χ1n) is 6.04. The van der Waals surface area contributed by atoms with Gasteiger partial charge >= 0.3 is 0 Å². The molecule has 0 unspecified atom stereocenters. The SMILES string of the molecule is CCC[C@H](N)C(=O)NCC(=O)N1CCOCC1. The number of nitrogens with one attached hydrogen (secondary N) is 1. The van der Waals surface area contributed by atoms with Crippen molar-refractivity contribution >= 4 is 11.8 Å². The van der Waals surface area contributed by atoms with E-state index in [0.29, 0.717) is 32.7 Å². The van der Waals surface area contributed by atoms with Crippen molar-refractivity contribution in [2.45, 2.75) is 25.8 Å². The van der Waals surface area contributed by atoms with Gasteiger partial charge in [-0.1, -0.05) is 13.3 Å². The lowest BCUT2D eigenvalue weighted by Crippen LogP contribution is -2.48. The Morgan fingerprint density at radius 2 is 2.06 bits per heavy atom. The predicted molar refractivity (Wildman–Crippen MR) is 63.3 cm³/mol. The van der Waals surface area contributed by atoms with Crippen molar-refractivity contribution in [3.05, 3.63) is 0 Å². The second-order valence-corrected chi connectivity index (χ2v) is 4.11. The van der Waals surface area contributed by atoms with Gasteiger partial charge in [0.05, 0.1) is 25.8 Å². The molecule has 1 aliphatic rings. The van der Waals surface area contributed by atoms with Gasteiger partial charge in [-0.15, -0.1) is 0 Å². The lowest BCUT2D eigenvalue weighted by atomic mass is 10.2. The second kappa shape index (κ2) is 7.24. The third kappa shape index (κ3) is 4.70. The van der Waals surface area contributed by atoms with E-state index in [4.69, 9.17) is 10.5 Å². The molecule has 1 rings (SSSR count). The molecule has 0 saturated carbocycles. The van der Waals surface area contributed by atoms with Gasteiger partial charge in [0.25, 0.3) is 0 Å². The summed E-state index contributed by atoms with van der Waals surface area (Å²) in [5.41, 5.74) is 5.64. The lowest BCUT2D eigenvalue weighted by Gasteiger charge is -2.27. The normalized spacial score (nSPS) is 17.6. The van der Waals surface area contributed by atoms with Crippen molar-refractivity contribution in [2.75, 3.05) is 32.8 Å². The number of morpholine rings is 1.